The van der Waals surface area contributed by atoms with Crippen molar-refractivity contribution in [1.82, 2.24) is 9.97 Å². The molecule has 0 bridgehead atoms. The molecule has 0 radical (unpaired) electrons. The number of aromatic nitrogens is 2. The summed E-state index contributed by atoms with van der Waals surface area (Å²) in [5.41, 5.74) is 8.38. The van der Waals surface area contributed by atoms with Gasteiger partial charge in [-0.2, -0.15) is 4.91 Å². The zero-order valence-electron chi connectivity index (χ0n) is 11.6. The molecule has 0 saturated heterocycles. The maximum atomic E-state index is 14.0. The fourth-order valence-electron chi connectivity index (χ4n) is 3.10. The first-order valence-corrected chi connectivity index (χ1v) is 6.80. The molecule has 2 aromatic rings. The van der Waals surface area contributed by atoms with E-state index in [-0.39, 0.29) is 17.7 Å². The number of rotatable bonds is 2. The third-order valence-electron chi connectivity index (χ3n) is 3.99. The fourth-order valence-corrected chi connectivity index (χ4v) is 3.10. The van der Waals surface area contributed by atoms with E-state index in [9.17, 15) is 9.30 Å². The molecule has 5 nitrogen and oxygen atoms in total. The summed E-state index contributed by atoms with van der Waals surface area (Å²) >= 11 is 0. The van der Waals surface area contributed by atoms with Crippen molar-refractivity contribution in [2.75, 3.05) is 5.73 Å². The molecule has 1 aromatic carbocycles. The second-order valence-electron chi connectivity index (χ2n) is 5.31. The molecular formula is C15H15FN4O. The zero-order valence-corrected chi connectivity index (χ0v) is 11.6. The number of aryl methyl sites for hydroxylation is 1. The lowest BCUT2D eigenvalue weighted by molar-refractivity contribution is 0.470. The van der Waals surface area contributed by atoms with Gasteiger partial charge in [-0.15, -0.1) is 0 Å². The standard InChI is InChI=1S/C15H15FN4O/c1-8-14-12(19-15(17)18-8)6-9(7-13(14)20-21)10-4-2-3-5-11(10)16/h2-5,9,13H,6-7H2,1H3,(H2,17,18,19). The Morgan fingerprint density at radius 1 is 1.33 bits per heavy atom. The molecule has 0 fully saturated rings. The summed E-state index contributed by atoms with van der Waals surface area (Å²) in [6.07, 6.45) is 1.00. The Morgan fingerprint density at radius 3 is 2.81 bits per heavy atom. The van der Waals surface area contributed by atoms with E-state index in [2.05, 4.69) is 15.1 Å². The molecule has 0 spiro atoms. The van der Waals surface area contributed by atoms with E-state index in [1.807, 2.05) is 0 Å². The minimum atomic E-state index is -0.557. The summed E-state index contributed by atoms with van der Waals surface area (Å²) in [5, 5.41) is 3.19. The van der Waals surface area contributed by atoms with Crippen molar-refractivity contribution in [3.05, 3.63) is 57.5 Å². The second kappa shape index (κ2) is 5.20. The lowest BCUT2D eigenvalue weighted by atomic mass is 9.79. The van der Waals surface area contributed by atoms with Gasteiger partial charge in [-0.1, -0.05) is 23.4 Å². The van der Waals surface area contributed by atoms with Crippen LogP contribution in [0.4, 0.5) is 10.3 Å². The normalized spacial score (nSPS) is 20.9. The van der Waals surface area contributed by atoms with Gasteiger partial charge in [0.2, 0.25) is 5.95 Å². The van der Waals surface area contributed by atoms with Crippen LogP contribution in [0.25, 0.3) is 0 Å². The van der Waals surface area contributed by atoms with Gasteiger partial charge in [0.25, 0.3) is 0 Å². The molecule has 0 saturated carbocycles. The van der Waals surface area contributed by atoms with Gasteiger partial charge in [0.15, 0.2) is 0 Å². The molecule has 21 heavy (non-hydrogen) atoms. The van der Waals surface area contributed by atoms with Crippen LogP contribution >= 0.6 is 0 Å². The molecule has 2 N–H and O–H groups in total. The van der Waals surface area contributed by atoms with E-state index in [1.165, 1.54) is 6.07 Å². The van der Waals surface area contributed by atoms with Gasteiger partial charge in [-0.05, 0) is 37.3 Å². The Labute approximate surface area is 121 Å². The highest BCUT2D eigenvalue weighted by Crippen LogP contribution is 2.41. The maximum Gasteiger partial charge on any atom is 0.220 e. The third kappa shape index (κ3) is 2.37. The van der Waals surface area contributed by atoms with Crippen LogP contribution in [0.3, 0.4) is 0 Å². The van der Waals surface area contributed by atoms with E-state index in [0.29, 0.717) is 29.8 Å². The van der Waals surface area contributed by atoms with Crippen LogP contribution < -0.4 is 5.73 Å². The van der Waals surface area contributed by atoms with E-state index in [1.54, 1.807) is 25.1 Å². The number of nitrogens with zero attached hydrogens (tertiary/aromatic N) is 3. The number of nitroso groups, excluding NO2 is 1. The van der Waals surface area contributed by atoms with Crippen LogP contribution in [0.2, 0.25) is 0 Å². The topological polar surface area (TPSA) is 81.2 Å². The van der Waals surface area contributed by atoms with E-state index < -0.39 is 6.04 Å². The molecule has 1 aromatic heterocycles. The van der Waals surface area contributed by atoms with E-state index >= 15 is 0 Å². The molecule has 0 amide bonds. The Morgan fingerprint density at radius 2 is 2.10 bits per heavy atom. The van der Waals surface area contributed by atoms with Crippen molar-refractivity contribution in [3.63, 3.8) is 0 Å². The quantitative estimate of drug-likeness (QED) is 0.860. The van der Waals surface area contributed by atoms with Gasteiger partial charge in [0.05, 0.1) is 5.69 Å². The van der Waals surface area contributed by atoms with Crippen LogP contribution in [-0.4, -0.2) is 9.97 Å². The summed E-state index contributed by atoms with van der Waals surface area (Å²) in [6.45, 7) is 1.79. The van der Waals surface area contributed by atoms with Crippen LogP contribution in [0.5, 0.6) is 0 Å². The van der Waals surface area contributed by atoms with Crippen LogP contribution in [-0.2, 0) is 6.42 Å². The minimum Gasteiger partial charge on any atom is -0.368 e. The average molecular weight is 286 g/mol. The monoisotopic (exact) mass is 286 g/mol. The van der Waals surface area contributed by atoms with Gasteiger partial charge in [-0.3, -0.25) is 0 Å². The number of anilines is 1. The Kier molecular flexibility index (Phi) is 3.37. The molecule has 1 aliphatic carbocycles. The zero-order chi connectivity index (χ0) is 15.0. The number of halogens is 1. The highest BCUT2D eigenvalue weighted by molar-refractivity contribution is 5.38. The van der Waals surface area contributed by atoms with Crippen LogP contribution in [0.1, 0.15) is 40.9 Å². The lowest BCUT2D eigenvalue weighted by Gasteiger charge is -2.28. The number of hydrogen-bond donors (Lipinski definition) is 1. The van der Waals surface area contributed by atoms with Gasteiger partial charge in [0, 0.05) is 11.3 Å². The van der Waals surface area contributed by atoms with Gasteiger partial charge in [-0.25, -0.2) is 14.4 Å². The van der Waals surface area contributed by atoms with Crippen molar-refractivity contribution in [2.24, 2.45) is 5.18 Å². The Balaban J connectivity index is 2.07. The Bertz CT molecular complexity index is 704. The second-order valence-corrected chi connectivity index (χ2v) is 5.31. The molecule has 2 atom stereocenters. The molecule has 3 rings (SSSR count). The summed E-state index contributed by atoms with van der Waals surface area (Å²) < 4.78 is 14.0. The first kappa shape index (κ1) is 13.6. The molecule has 1 aliphatic rings. The SMILES string of the molecule is Cc1nc(N)nc2c1C(N=O)CC(c1ccccc1F)C2. The third-order valence-corrected chi connectivity index (χ3v) is 3.99. The van der Waals surface area contributed by atoms with Crippen molar-refractivity contribution in [3.8, 4) is 0 Å². The van der Waals surface area contributed by atoms with Crippen LogP contribution in [0.15, 0.2) is 29.4 Å². The molecule has 6 heteroatoms. The molecule has 108 valence electrons. The predicted molar refractivity (Wildman–Crippen MR) is 77.2 cm³/mol. The van der Waals surface area contributed by atoms with Crippen molar-refractivity contribution in [2.45, 2.75) is 31.7 Å². The molecule has 0 aliphatic heterocycles. The van der Waals surface area contributed by atoms with Gasteiger partial charge >= 0.3 is 0 Å². The van der Waals surface area contributed by atoms with Crippen molar-refractivity contribution in [1.29, 1.82) is 0 Å². The highest BCUT2D eigenvalue weighted by atomic mass is 19.1. The first-order valence-electron chi connectivity index (χ1n) is 6.80. The summed E-state index contributed by atoms with van der Waals surface area (Å²) in [4.78, 5) is 19.5. The number of nitrogens with two attached hydrogens (primary N) is 1. The maximum absolute atomic E-state index is 14.0. The first-order chi connectivity index (χ1) is 10.1. The highest BCUT2D eigenvalue weighted by Gasteiger charge is 2.33. The van der Waals surface area contributed by atoms with E-state index in [4.69, 9.17) is 5.73 Å². The van der Waals surface area contributed by atoms with Crippen LogP contribution in [0, 0.1) is 17.6 Å². The molecular weight excluding hydrogens is 271 g/mol. The van der Waals surface area contributed by atoms with Gasteiger partial charge in [0.1, 0.15) is 11.9 Å². The average Bonchev–Trinajstić information content (AvgIpc) is 2.46. The van der Waals surface area contributed by atoms with Gasteiger partial charge < -0.3 is 5.73 Å². The number of fused-ring (bicyclic) bond motifs is 1. The molecule has 2 unspecified atom stereocenters. The minimum absolute atomic E-state index is 0.130. The number of benzene rings is 1. The van der Waals surface area contributed by atoms with E-state index in [0.717, 1.165) is 5.56 Å². The Hall–Kier alpha value is -2.37. The smallest absolute Gasteiger partial charge is 0.220 e. The van der Waals surface area contributed by atoms with Crippen molar-refractivity contribution >= 4 is 5.95 Å². The summed E-state index contributed by atoms with van der Waals surface area (Å²) in [5.74, 6) is -0.227. The largest absolute Gasteiger partial charge is 0.368 e. The fraction of sp³-hybridized carbons (Fsp3) is 0.333. The predicted octanol–water partition coefficient (Wildman–Crippen LogP) is 3.04. The van der Waals surface area contributed by atoms with Crippen molar-refractivity contribution < 1.29 is 4.39 Å². The number of hydrogen-bond acceptors (Lipinski definition) is 5. The lowest BCUT2D eigenvalue weighted by Crippen LogP contribution is -2.21. The number of nitrogen functional groups attached to an aromatic ring is 1. The summed E-state index contributed by atoms with van der Waals surface area (Å²) in [6, 6.07) is 6.04. The summed E-state index contributed by atoms with van der Waals surface area (Å²) in [7, 11) is 0. The molecule has 1 heterocycles.